The van der Waals surface area contributed by atoms with Crippen LogP contribution >= 0.6 is 27.7 Å². The maximum atomic E-state index is 9.64. The van der Waals surface area contributed by atoms with Gasteiger partial charge in [0.05, 0.1) is 6.10 Å². The van der Waals surface area contributed by atoms with Crippen molar-refractivity contribution >= 4 is 27.7 Å². The van der Waals surface area contributed by atoms with Crippen molar-refractivity contribution in [3.05, 3.63) is 33.8 Å². The van der Waals surface area contributed by atoms with E-state index in [0.29, 0.717) is 0 Å². The number of rotatable bonds is 0. The number of thioether (sulfide) groups is 1. The third kappa shape index (κ3) is 1.41. The number of hydrogen-bond acceptors (Lipinski definition) is 2. The van der Waals surface area contributed by atoms with Gasteiger partial charge in [-0.25, -0.2) is 0 Å². The summed E-state index contributed by atoms with van der Waals surface area (Å²) in [5.74, 6) is 1.83. The van der Waals surface area contributed by atoms with E-state index in [1.54, 1.807) is 11.8 Å². The SMILES string of the molecule is O[C@H]1CSCc2c(Br)cccc21. The van der Waals surface area contributed by atoms with Crippen LogP contribution in [-0.4, -0.2) is 10.9 Å². The minimum Gasteiger partial charge on any atom is -0.388 e. The summed E-state index contributed by atoms with van der Waals surface area (Å²) in [6.07, 6.45) is -0.281. The summed E-state index contributed by atoms with van der Waals surface area (Å²) < 4.78 is 1.12. The molecule has 1 aliphatic rings. The summed E-state index contributed by atoms with van der Waals surface area (Å²) in [4.78, 5) is 0. The van der Waals surface area contributed by atoms with Crippen molar-refractivity contribution in [2.45, 2.75) is 11.9 Å². The van der Waals surface area contributed by atoms with Crippen molar-refractivity contribution in [3.8, 4) is 0 Å². The second-order valence-electron chi connectivity index (χ2n) is 2.84. The van der Waals surface area contributed by atoms with Crippen LogP contribution in [-0.2, 0) is 5.75 Å². The largest absolute Gasteiger partial charge is 0.388 e. The highest BCUT2D eigenvalue weighted by atomic mass is 79.9. The zero-order valence-corrected chi connectivity index (χ0v) is 8.86. The molecule has 0 saturated carbocycles. The Hall–Kier alpha value is 0.0100. The lowest BCUT2D eigenvalue weighted by atomic mass is 10.0. The fourth-order valence-corrected chi connectivity index (χ4v) is 3.16. The van der Waals surface area contributed by atoms with Crippen molar-refractivity contribution in [2.75, 3.05) is 5.75 Å². The van der Waals surface area contributed by atoms with Gasteiger partial charge in [-0.2, -0.15) is 11.8 Å². The van der Waals surface area contributed by atoms with Crippen LogP contribution in [0.5, 0.6) is 0 Å². The minimum atomic E-state index is -0.281. The van der Waals surface area contributed by atoms with Gasteiger partial charge in [0.15, 0.2) is 0 Å². The molecule has 1 atom stereocenters. The van der Waals surface area contributed by atoms with Gasteiger partial charge in [0.1, 0.15) is 0 Å². The van der Waals surface area contributed by atoms with E-state index in [1.807, 2.05) is 18.2 Å². The summed E-state index contributed by atoms with van der Waals surface area (Å²) in [5.41, 5.74) is 2.34. The Morgan fingerprint density at radius 1 is 1.50 bits per heavy atom. The predicted octanol–water partition coefficient (Wildman–Crippen LogP) is 2.73. The Labute approximate surface area is 84.3 Å². The van der Waals surface area contributed by atoms with Crippen molar-refractivity contribution in [1.82, 2.24) is 0 Å². The predicted molar refractivity (Wildman–Crippen MR) is 55.3 cm³/mol. The molecule has 0 unspecified atom stereocenters. The highest BCUT2D eigenvalue weighted by Crippen LogP contribution is 2.35. The Bertz CT molecular complexity index is 301. The molecule has 0 radical (unpaired) electrons. The zero-order chi connectivity index (χ0) is 8.55. The first-order valence-electron chi connectivity index (χ1n) is 3.82. The smallest absolute Gasteiger partial charge is 0.0883 e. The van der Waals surface area contributed by atoms with Gasteiger partial charge in [0.2, 0.25) is 0 Å². The van der Waals surface area contributed by atoms with Gasteiger partial charge in [0, 0.05) is 16.0 Å². The molecule has 0 aliphatic carbocycles. The summed E-state index contributed by atoms with van der Waals surface area (Å²) in [6, 6.07) is 6.00. The highest BCUT2D eigenvalue weighted by Gasteiger charge is 2.19. The van der Waals surface area contributed by atoms with E-state index in [-0.39, 0.29) is 6.10 Å². The fourth-order valence-electron chi connectivity index (χ4n) is 1.40. The minimum absolute atomic E-state index is 0.281. The second-order valence-corrected chi connectivity index (χ2v) is 4.72. The van der Waals surface area contributed by atoms with Crippen LogP contribution in [0.4, 0.5) is 0 Å². The molecule has 0 spiro atoms. The van der Waals surface area contributed by atoms with E-state index >= 15 is 0 Å². The molecule has 3 heteroatoms. The molecule has 1 aromatic rings. The topological polar surface area (TPSA) is 20.2 Å². The lowest BCUT2D eigenvalue weighted by molar-refractivity contribution is 0.201. The molecular formula is C9H9BrOS. The molecule has 1 heterocycles. The molecule has 0 fully saturated rings. The van der Waals surface area contributed by atoms with Crippen LogP contribution in [0.3, 0.4) is 0 Å². The number of benzene rings is 1. The number of fused-ring (bicyclic) bond motifs is 1. The quantitative estimate of drug-likeness (QED) is 0.758. The molecule has 12 heavy (non-hydrogen) atoms. The van der Waals surface area contributed by atoms with E-state index in [2.05, 4.69) is 15.9 Å². The number of hydrogen-bond donors (Lipinski definition) is 1. The zero-order valence-electron chi connectivity index (χ0n) is 6.46. The number of aliphatic hydroxyl groups excluding tert-OH is 1. The summed E-state index contributed by atoms with van der Waals surface area (Å²) in [5, 5.41) is 9.64. The number of aliphatic hydroxyl groups is 1. The maximum Gasteiger partial charge on any atom is 0.0883 e. The van der Waals surface area contributed by atoms with Crippen molar-refractivity contribution in [1.29, 1.82) is 0 Å². The first-order chi connectivity index (χ1) is 5.79. The average molecular weight is 245 g/mol. The molecule has 1 aromatic carbocycles. The third-order valence-corrected chi connectivity index (χ3v) is 3.82. The average Bonchev–Trinajstić information content (AvgIpc) is 2.07. The van der Waals surface area contributed by atoms with Gasteiger partial charge in [0.25, 0.3) is 0 Å². The first-order valence-corrected chi connectivity index (χ1v) is 5.77. The molecular weight excluding hydrogens is 236 g/mol. The molecule has 1 nitrogen and oxygen atoms in total. The van der Waals surface area contributed by atoms with E-state index in [4.69, 9.17) is 0 Å². The first kappa shape index (κ1) is 8.60. The van der Waals surface area contributed by atoms with Crippen LogP contribution in [0, 0.1) is 0 Å². The lowest BCUT2D eigenvalue weighted by Crippen LogP contribution is -2.09. The molecule has 2 rings (SSSR count). The van der Waals surface area contributed by atoms with Crippen LogP contribution in [0.15, 0.2) is 22.7 Å². The van der Waals surface area contributed by atoms with E-state index in [0.717, 1.165) is 21.5 Å². The molecule has 0 amide bonds. The van der Waals surface area contributed by atoms with Gasteiger partial charge in [-0.05, 0) is 17.2 Å². The van der Waals surface area contributed by atoms with Gasteiger partial charge in [-0.15, -0.1) is 0 Å². The summed E-state index contributed by atoms with van der Waals surface area (Å²) in [6.45, 7) is 0. The number of halogens is 1. The Morgan fingerprint density at radius 2 is 2.33 bits per heavy atom. The molecule has 1 aliphatic heterocycles. The molecule has 1 N–H and O–H groups in total. The van der Waals surface area contributed by atoms with Crippen molar-refractivity contribution in [3.63, 3.8) is 0 Å². The molecule has 0 aromatic heterocycles. The Morgan fingerprint density at radius 3 is 3.08 bits per heavy atom. The second kappa shape index (κ2) is 3.40. The van der Waals surface area contributed by atoms with Gasteiger partial charge in [-0.3, -0.25) is 0 Å². The highest BCUT2D eigenvalue weighted by molar-refractivity contribution is 9.10. The Balaban J connectivity index is 2.52. The molecule has 64 valence electrons. The summed E-state index contributed by atoms with van der Waals surface area (Å²) in [7, 11) is 0. The van der Waals surface area contributed by atoms with E-state index < -0.39 is 0 Å². The van der Waals surface area contributed by atoms with E-state index in [1.165, 1.54) is 5.56 Å². The van der Waals surface area contributed by atoms with Gasteiger partial charge in [-0.1, -0.05) is 28.1 Å². The third-order valence-electron chi connectivity index (χ3n) is 2.04. The maximum absolute atomic E-state index is 9.64. The van der Waals surface area contributed by atoms with Crippen LogP contribution in [0.1, 0.15) is 17.2 Å². The van der Waals surface area contributed by atoms with Crippen LogP contribution in [0.2, 0.25) is 0 Å². The fraction of sp³-hybridized carbons (Fsp3) is 0.333. The van der Waals surface area contributed by atoms with Crippen molar-refractivity contribution in [2.24, 2.45) is 0 Å². The van der Waals surface area contributed by atoms with Crippen LogP contribution in [0.25, 0.3) is 0 Å². The molecule has 0 bridgehead atoms. The van der Waals surface area contributed by atoms with Crippen LogP contribution < -0.4 is 0 Å². The normalized spacial score (nSPS) is 22.0. The van der Waals surface area contributed by atoms with E-state index in [9.17, 15) is 5.11 Å². The Kier molecular flexibility index (Phi) is 2.44. The monoisotopic (exact) mass is 244 g/mol. The standard InChI is InChI=1S/C9H9BrOS/c10-8-3-1-2-6-7(8)4-12-5-9(6)11/h1-3,9,11H,4-5H2/t9-/m0/s1. The van der Waals surface area contributed by atoms with Gasteiger partial charge >= 0.3 is 0 Å². The van der Waals surface area contributed by atoms with Gasteiger partial charge < -0.3 is 5.11 Å². The molecule has 0 saturated heterocycles. The van der Waals surface area contributed by atoms with Crippen molar-refractivity contribution < 1.29 is 5.11 Å². The lowest BCUT2D eigenvalue weighted by Gasteiger charge is -2.21. The summed E-state index contributed by atoms with van der Waals surface area (Å²) >= 11 is 5.26.